The number of halogens is 1. The summed E-state index contributed by atoms with van der Waals surface area (Å²) in [5.41, 5.74) is -1.78. The Morgan fingerprint density at radius 2 is 1.77 bits per heavy atom. The lowest BCUT2D eigenvalue weighted by atomic mass is 9.48. The van der Waals surface area contributed by atoms with Crippen molar-refractivity contribution in [2.75, 3.05) is 33.3 Å². The molecule has 7 heteroatoms. The molecule has 26 heavy (non-hydrogen) atoms. The van der Waals surface area contributed by atoms with Gasteiger partial charge in [-0.1, -0.05) is 20.8 Å². The molecule has 3 rings (SSSR count). The van der Waals surface area contributed by atoms with Crippen LogP contribution in [-0.2, 0) is 9.53 Å². The van der Waals surface area contributed by atoms with Gasteiger partial charge in [-0.25, -0.2) is 14.0 Å². The van der Waals surface area contributed by atoms with Gasteiger partial charge in [0.05, 0.1) is 7.11 Å². The van der Waals surface area contributed by atoms with Gasteiger partial charge in [-0.3, -0.25) is 4.90 Å². The molecule has 6 nitrogen and oxygen atoms in total. The van der Waals surface area contributed by atoms with Crippen LogP contribution in [0.2, 0.25) is 0 Å². The number of amides is 1. The Morgan fingerprint density at radius 3 is 2.23 bits per heavy atom. The first-order valence-electron chi connectivity index (χ1n) is 9.52. The number of alkyl halides is 1. The van der Waals surface area contributed by atoms with Gasteiger partial charge in [0.25, 0.3) is 0 Å². The smallest absolute Gasteiger partial charge is 0.407 e. The molecule has 2 heterocycles. The van der Waals surface area contributed by atoms with E-state index in [0.717, 1.165) is 12.8 Å². The maximum atomic E-state index is 14.7. The summed E-state index contributed by atoms with van der Waals surface area (Å²) >= 11 is 0. The van der Waals surface area contributed by atoms with Crippen LogP contribution >= 0.6 is 0 Å². The van der Waals surface area contributed by atoms with Crippen LogP contribution in [0.1, 0.15) is 46.5 Å². The van der Waals surface area contributed by atoms with E-state index in [1.807, 2.05) is 0 Å². The SMILES string of the molecule is COC(=O)C1(F)CCN(C2CC3(CCN(C(=O)O)C3)C2C(C)(C)C)CC1. The predicted molar refractivity (Wildman–Crippen MR) is 94.7 cm³/mol. The van der Waals surface area contributed by atoms with Crippen LogP contribution in [0.4, 0.5) is 9.18 Å². The minimum Gasteiger partial charge on any atom is -0.467 e. The molecule has 0 aromatic heterocycles. The highest BCUT2D eigenvalue weighted by Gasteiger charge is 2.62. The van der Waals surface area contributed by atoms with E-state index >= 15 is 0 Å². The molecule has 2 aliphatic heterocycles. The largest absolute Gasteiger partial charge is 0.467 e. The van der Waals surface area contributed by atoms with Gasteiger partial charge in [-0.05, 0) is 29.6 Å². The van der Waals surface area contributed by atoms with Crippen molar-refractivity contribution >= 4 is 12.1 Å². The molecule has 0 bridgehead atoms. The molecule has 3 fully saturated rings. The van der Waals surface area contributed by atoms with Gasteiger partial charge in [0.2, 0.25) is 5.67 Å². The second-order valence-electron chi connectivity index (χ2n) is 9.42. The standard InChI is InChI=1S/C19H31FN2O4/c1-17(2,3)14-13(11-18(14)5-8-22(12-18)16(24)25)21-9-6-19(20,7-10-21)15(23)26-4/h13-14H,5-12H2,1-4H3,(H,24,25). The molecule has 148 valence electrons. The van der Waals surface area contributed by atoms with Gasteiger partial charge in [0.15, 0.2) is 0 Å². The lowest BCUT2D eigenvalue weighted by Crippen LogP contribution is -2.66. The Morgan fingerprint density at radius 1 is 1.15 bits per heavy atom. The maximum Gasteiger partial charge on any atom is 0.407 e. The van der Waals surface area contributed by atoms with Gasteiger partial charge >= 0.3 is 12.1 Å². The van der Waals surface area contributed by atoms with Gasteiger partial charge in [-0.15, -0.1) is 0 Å². The highest BCUT2D eigenvalue weighted by molar-refractivity contribution is 5.79. The molecule has 3 atom stereocenters. The molecule has 1 amide bonds. The number of piperidine rings is 1. The molecular formula is C19H31FN2O4. The van der Waals surface area contributed by atoms with E-state index in [1.54, 1.807) is 0 Å². The van der Waals surface area contributed by atoms with Crippen molar-refractivity contribution in [3.63, 3.8) is 0 Å². The van der Waals surface area contributed by atoms with Gasteiger partial charge < -0.3 is 14.7 Å². The Labute approximate surface area is 154 Å². The third-order valence-electron chi connectivity index (χ3n) is 6.86. The molecule has 1 saturated carbocycles. The summed E-state index contributed by atoms with van der Waals surface area (Å²) in [7, 11) is 1.23. The Kier molecular flexibility index (Phi) is 4.74. The summed E-state index contributed by atoms with van der Waals surface area (Å²) in [6, 6.07) is 0.325. The Balaban J connectivity index is 1.70. The minimum absolute atomic E-state index is 0.0356. The molecule has 1 spiro atoms. The van der Waals surface area contributed by atoms with Crippen LogP contribution in [-0.4, -0.2) is 72.0 Å². The van der Waals surface area contributed by atoms with E-state index < -0.39 is 17.7 Å². The molecule has 0 aromatic rings. The van der Waals surface area contributed by atoms with Gasteiger partial charge in [0.1, 0.15) is 0 Å². The van der Waals surface area contributed by atoms with Crippen molar-refractivity contribution in [2.24, 2.45) is 16.7 Å². The van der Waals surface area contributed by atoms with E-state index in [0.29, 0.717) is 38.1 Å². The van der Waals surface area contributed by atoms with Crippen LogP contribution < -0.4 is 0 Å². The number of methoxy groups -OCH3 is 1. The van der Waals surface area contributed by atoms with Crippen LogP contribution in [0.5, 0.6) is 0 Å². The molecule has 0 aromatic carbocycles. The molecule has 3 aliphatic rings. The second kappa shape index (κ2) is 6.36. The highest BCUT2D eigenvalue weighted by Crippen LogP contribution is 2.61. The molecular weight excluding hydrogens is 339 g/mol. The number of nitrogens with zero attached hydrogens (tertiary/aromatic N) is 2. The van der Waals surface area contributed by atoms with Crippen LogP contribution in [0.25, 0.3) is 0 Å². The third kappa shape index (κ3) is 3.08. The van der Waals surface area contributed by atoms with Crippen LogP contribution in [0.3, 0.4) is 0 Å². The summed E-state index contributed by atoms with van der Waals surface area (Å²) < 4.78 is 19.3. The van der Waals surface area contributed by atoms with Crippen LogP contribution in [0.15, 0.2) is 0 Å². The van der Waals surface area contributed by atoms with E-state index in [9.17, 15) is 19.1 Å². The number of hydrogen-bond donors (Lipinski definition) is 1. The van der Waals surface area contributed by atoms with Crippen LogP contribution in [0, 0.1) is 16.7 Å². The number of carboxylic acid groups (broad SMARTS) is 1. The Bertz CT molecular complexity index is 583. The van der Waals surface area contributed by atoms with Gasteiger partial charge in [0, 0.05) is 45.1 Å². The summed E-state index contributed by atoms with van der Waals surface area (Å²) in [4.78, 5) is 26.9. The van der Waals surface area contributed by atoms with E-state index in [-0.39, 0.29) is 23.7 Å². The Hall–Kier alpha value is -1.37. The summed E-state index contributed by atoms with van der Waals surface area (Å²) in [6.45, 7) is 8.93. The van der Waals surface area contributed by atoms with Crippen molar-refractivity contribution in [1.29, 1.82) is 0 Å². The number of hydrogen-bond acceptors (Lipinski definition) is 4. The second-order valence-corrected chi connectivity index (χ2v) is 9.42. The number of likely N-dealkylation sites (tertiary alicyclic amines) is 2. The average molecular weight is 370 g/mol. The first-order valence-corrected chi connectivity index (χ1v) is 9.52. The molecule has 0 radical (unpaired) electrons. The topological polar surface area (TPSA) is 70.1 Å². The van der Waals surface area contributed by atoms with E-state index in [2.05, 4.69) is 30.4 Å². The fraction of sp³-hybridized carbons (Fsp3) is 0.895. The summed E-state index contributed by atoms with van der Waals surface area (Å²) in [5, 5.41) is 9.33. The summed E-state index contributed by atoms with van der Waals surface area (Å²) in [5.74, 6) is -0.396. The fourth-order valence-electron chi connectivity index (χ4n) is 5.82. The first-order chi connectivity index (χ1) is 12.0. The highest BCUT2D eigenvalue weighted by atomic mass is 19.1. The summed E-state index contributed by atoms with van der Waals surface area (Å²) in [6.07, 6.45) is 1.36. The molecule has 2 saturated heterocycles. The van der Waals surface area contributed by atoms with E-state index in [4.69, 9.17) is 0 Å². The predicted octanol–water partition coefficient (Wildman–Crippen LogP) is 2.77. The van der Waals surface area contributed by atoms with Crippen molar-refractivity contribution in [2.45, 2.75) is 58.2 Å². The van der Waals surface area contributed by atoms with Gasteiger partial charge in [-0.2, -0.15) is 0 Å². The average Bonchev–Trinajstić information content (AvgIpc) is 2.98. The molecule has 1 N–H and O–H groups in total. The quantitative estimate of drug-likeness (QED) is 0.757. The van der Waals surface area contributed by atoms with E-state index in [1.165, 1.54) is 12.0 Å². The van der Waals surface area contributed by atoms with Crippen molar-refractivity contribution < 1.29 is 23.8 Å². The number of ether oxygens (including phenoxy) is 1. The lowest BCUT2D eigenvalue weighted by molar-refractivity contribution is -0.164. The zero-order valence-electron chi connectivity index (χ0n) is 16.3. The number of esters is 1. The monoisotopic (exact) mass is 370 g/mol. The fourth-order valence-corrected chi connectivity index (χ4v) is 5.82. The van der Waals surface area contributed by atoms with Crippen molar-refractivity contribution in [3.8, 4) is 0 Å². The number of carbonyl (C=O) groups is 2. The third-order valence-corrected chi connectivity index (χ3v) is 6.86. The normalized spacial score (nSPS) is 34.6. The molecule has 1 aliphatic carbocycles. The zero-order valence-corrected chi connectivity index (χ0v) is 16.3. The zero-order chi connectivity index (χ0) is 19.3. The maximum absolute atomic E-state index is 14.7. The number of carbonyl (C=O) groups excluding carboxylic acids is 1. The van der Waals surface area contributed by atoms with Crippen molar-refractivity contribution in [1.82, 2.24) is 9.80 Å². The first kappa shape index (κ1) is 19.4. The lowest BCUT2D eigenvalue weighted by Gasteiger charge is -2.62. The van der Waals surface area contributed by atoms with Crippen molar-refractivity contribution in [3.05, 3.63) is 0 Å². The minimum atomic E-state index is -1.86. The molecule has 3 unspecified atom stereocenters. The number of rotatable bonds is 2.